The minimum Gasteiger partial charge on any atom is -0.464 e. The van der Waals surface area contributed by atoms with Crippen LogP contribution in [-0.2, 0) is 35.3 Å². The third kappa shape index (κ3) is 4.07. The van der Waals surface area contributed by atoms with Gasteiger partial charge in [-0.15, -0.1) is 0 Å². The number of piperazine rings is 1. The van der Waals surface area contributed by atoms with Crippen LogP contribution in [0.2, 0.25) is 0 Å². The van der Waals surface area contributed by atoms with E-state index in [1.165, 1.54) is 29.7 Å². The molecule has 0 radical (unpaired) electrons. The van der Waals surface area contributed by atoms with Gasteiger partial charge in [0.05, 0.1) is 19.1 Å². The van der Waals surface area contributed by atoms with Gasteiger partial charge < -0.3 is 14.2 Å². The highest BCUT2D eigenvalue weighted by atomic mass is 19.1. The van der Waals surface area contributed by atoms with Crippen LogP contribution in [-0.4, -0.2) is 47.8 Å². The van der Waals surface area contributed by atoms with Crippen molar-refractivity contribution < 1.29 is 18.4 Å². The number of nitrogens with zero attached hydrogens (tertiary/aromatic N) is 2. The molecule has 31 heavy (non-hydrogen) atoms. The summed E-state index contributed by atoms with van der Waals surface area (Å²) in [5, 5.41) is 1.04. The average molecular weight is 420 g/mol. The Labute approximate surface area is 180 Å². The molecule has 1 aromatic heterocycles. The van der Waals surface area contributed by atoms with Gasteiger partial charge in [0.1, 0.15) is 11.4 Å². The van der Waals surface area contributed by atoms with Crippen molar-refractivity contribution in [3.8, 4) is 0 Å². The molecule has 2 aromatic carbocycles. The molecule has 3 aromatic rings. The molecule has 0 spiro atoms. The maximum absolute atomic E-state index is 13.0. The number of benzene rings is 2. The number of furan rings is 1. The van der Waals surface area contributed by atoms with Crippen LogP contribution in [0.15, 0.2) is 47.1 Å². The molecular formula is C25H25FN2O3. The van der Waals surface area contributed by atoms with E-state index in [0.717, 1.165) is 34.9 Å². The second-order valence-corrected chi connectivity index (χ2v) is 8.47. The van der Waals surface area contributed by atoms with Crippen LogP contribution in [0, 0.1) is 5.82 Å². The molecule has 160 valence electrons. The molecule has 0 saturated carbocycles. The predicted octanol–water partition coefficient (Wildman–Crippen LogP) is 3.52. The zero-order chi connectivity index (χ0) is 21.4. The summed E-state index contributed by atoms with van der Waals surface area (Å²) in [7, 11) is 0. The molecule has 0 unspecified atom stereocenters. The van der Waals surface area contributed by atoms with Crippen LogP contribution < -0.4 is 0 Å². The molecule has 1 saturated heterocycles. The standard InChI is InChI=1S/C25H25FN2O3/c26-21-6-4-17(5-7-21)12-24(29)27-8-10-28(11-9-27)25(30)15-20-16-31-23-14-19-3-1-2-18(19)13-22(20)23/h4-7,13-14,16H,1-3,8-12,15H2. The third-order valence-electron chi connectivity index (χ3n) is 6.46. The number of hydrogen-bond donors (Lipinski definition) is 0. The molecule has 5 nitrogen and oxygen atoms in total. The number of carbonyl (C=O) groups excluding carboxylic acids is 2. The lowest BCUT2D eigenvalue weighted by Gasteiger charge is -2.35. The van der Waals surface area contributed by atoms with E-state index in [2.05, 4.69) is 12.1 Å². The summed E-state index contributed by atoms with van der Waals surface area (Å²) in [6.07, 6.45) is 5.65. The second kappa shape index (κ2) is 8.17. The molecule has 1 fully saturated rings. The van der Waals surface area contributed by atoms with Crippen LogP contribution in [0.5, 0.6) is 0 Å². The van der Waals surface area contributed by atoms with Crippen molar-refractivity contribution in [3.05, 3.63) is 70.7 Å². The normalized spacial score (nSPS) is 16.0. The van der Waals surface area contributed by atoms with Crippen LogP contribution in [0.3, 0.4) is 0 Å². The molecule has 6 heteroatoms. The summed E-state index contributed by atoms with van der Waals surface area (Å²) in [4.78, 5) is 29.0. The minimum atomic E-state index is -0.307. The minimum absolute atomic E-state index is 0.00777. The quantitative estimate of drug-likeness (QED) is 0.649. The number of halogens is 1. The van der Waals surface area contributed by atoms with E-state index in [9.17, 15) is 14.0 Å². The van der Waals surface area contributed by atoms with E-state index in [4.69, 9.17) is 4.42 Å². The largest absolute Gasteiger partial charge is 0.464 e. The van der Waals surface area contributed by atoms with Crippen LogP contribution in [0.25, 0.3) is 11.0 Å². The lowest BCUT2D eigenvalue weighted by molar-refractivity contribution is -0.138. The van der Waals surface area contributed by atoms with Crippen molar-refractivity contribution in [2.75, 3.05) is 26.2 Å². The first-order chi connectivity index (χ1) is 15.1. The van der Waals surface area contributed by atoms with E-state index >= 15 is 0 Å². The molecule has 0 N–H and O–H groups in total. The van der Waals surface area contributed by atoms with Gasteiger partial charge in [-0.1, -0.05) is 12.1 Å². The van der Waals surface area contributed by atoms with E-state index < -0.39 is 0 Å². The fourth-order valence-electron chi connectivity index (χ4n) is 4.65. The lowest BCUT2D eigenvalue weighted by atomic mass is 10.0. The Morgan fingerprint density at radius 3 is 2.16 bits per heavy atom. The van der Waals surface area contributed by atoms with Crippen molar-refractivity contribution in [3.63, 3.8) is 0 Å². The molecule has 2 heterocycles. The SMILES string of the molecule is O=C(Cc1ccc(F)cc1)N1CCN(C(=O)Cc2coc3cc4c(cc23)CCC4)CC1. The monoisotopic (exact) mass is 420 g/mol. The van der Waals surface area contributed by atoms with Crippen molar-refractivity contribution in [1.29, 1.82) is 0 Å². The first-order valence-corrected chi connectivity index (χ1v) is 10.9. The zero-order valence-corrected chi connectivity index (χ0v) is 17.4. The molecule has 2 amide bonds. The zero-order valence-electron chi connectivity index (χ0n) is 17.4. The number of fused-ring (bicyclic) bond motifs is 2. The van der Waals surface area contributed by atoms with Crippen LogP contribution in [0.4, 0.5) is 4.39 Å². The lowest BCUT2D eigenvalue weighted by Crippen LogP contribution is -2.51. The summed E-state index contributed by atoms with van der Waals surface area (Å²) in [6.45, 7) is 2.09. The first-order valence-electron chi connectivity index (χ1n) is 10.9. The summed E-state index contributed by atoms with van der Waals surface area (Å²) < 4.78 is 18.8. The Bertz CT molecular complexity index is 1130. The van der Waals surface area contributed by atoms with Gasteiger partial charge in [0.25, 0.3) is 0 Å². The van der Waals surface area contributed by atoms with E-state index in [-0.39, 0.29) is 24.1 Å². The smallest absolute Gasteiger partial charge is 0.227 e. The van der Waals surface area contributed by atoms with Crippen molar-refractivity contribution in [1.82, 2.24) is 9.80 Å². The van der Waals surface area contributed by atoms with Crippen molar-refractivity contribution >= 4 is 22.8 Å². The number of hydrogen-bond acceptors (Lipinski definition) is 3. The Morgan fingerprint density at radius 2 is 1.48 bits per heavy atom. The number of carbonyl (C=O) groups is 2. The van der Waals surface area contributed by atoms with E-state index in [1.54, 1.807) is 23.3 Å². The summed E-state index contributed by atoms with van der Waals surface area (Å²) in [5.41, 5.74) is 5.32. The maximum atomic E-state index is 13.0. The number of amides is 2. The van der Waals surface area contributed by atoms with Gasteiger partial charge >= 0.3 is 0 Å². The van der Waals surface area contributed by atoms with Crippen molar-refractivity contribution in [2.24, 2.45) is 0 Å². The van der Waals surface area contributed by atoms with Gasteiger partial charge in [-0.2, -0.15) is 0 Å². The highest BCUT2D eigenvalue weighted by Crippen LogP contribution is 2.30. The fourth-order valence-corrected chi connectivity index (χ4v) is 4.65. The van der Waals surface area contributed by atoms with Gasteiger partial charge in [0.15, 0.2) is 0 Å². The van der Waals surface area contributed by atoms with Gasteiger partial charge in [-0.25, -0.2) is 4.39 Å². The molecule has 1 aliphatic carbocycles. The Hall–Kier alpha value is -3.15. The van der Waals surface area contributed by atoms with Gasteiger partial charge in [-0.3, -0.25) is 9.59 Å². The predicted molar refractivity (Wildman–Crippen MR) is 115 cm³/mol. The fraction of sp³-hybridized carbons (Fsp3) is 0.360. The van der Waals surface area contributed by atoms with Gasteiger partial charge in [-0.05, 0) is 60.2 Å². The molecule has 0 atom stereocenters. The van der Waals surface area contributed by atoms with Crippen LogP contribution >= 0.6 is 0 Å². The van der Waals surface area contributed by atoms with Crippen molar-refractivity contribution in [2.45, 2.75) is 32.1 Å². The number of aryl methyl sites for hydroxylation is 2. The van der Waals surface area contributed by atoms with E-state index in [1.807, 2.05) is 4.90 Å². The molecule has 5 rings (SSSR count). The molecule has 1 aliphatic heterocycles. The summed E-state index contributed by atoms with van der Waals surface area (Å²) in [6, 6.07) is 10.3. The van der Waals surface area contributed by atoms with Gasteiger partial charge in [0, 0.05) is 37.1 Å². The van der Waals surface area contributed by atoms with E-state index in [0.29, 0.717) is 32.6 Å². The van der Waals surface area contributed by atoms with Gasteiger partial charge in [0.2, 0.25) is 11.8 Å². The average Bonchev–Trinajstić information content (AvgIpc) is 3.40. The Morgan fingerprint density at radius 1 is 0.871 bits per heavy atom. The third-order valence-corrected chi connectivity index (χ3v) is 6.46. The molecular weight excluding hydrogens is 395 g/mol. The summed E-state index contributed by atoms with van der Waals surface area (Å²) in [5.74, 6) is -0.236. The maximum Gasteiger partial charge on any atom is 0.227 e. The Kier molecular flexibility index (Phi) is 5.22. The Balaban J connectivity index is 1.18. The number of rotatable bonds is 4. The molecule has 0 bridgehead atoms. The highest BCUT2D eigenvalue weighted by Gasteiger charge is 2.25. The van der Waals surface area contributed by atoms with Crippen LogP contribution in [0.1, 0.15) is 28.7 Å². The topological polar surface area (TPSA) is 53.8 Å². The second-order valence-electron chi connectivity index (χ2n) is 8.47. The molecule has 2 aliphatic rings. The highest BCUT2D eigenvalue weighted by molar-refractivity contribution is 5.89. The first kappa shape index (κ1) is 19.8. The summed E-state index contributed by atoms with van der Waals surface area (Å²) >= 11 is 0.